The van der Waals surface area contributed by atoms with Crippen LogP contribution in [0, 0.1) is 0 Å². The topological polar surface area (TPSA) is 69.9 Å². The lowest BCUT2D eigenvalue weighted by molar-refractivity contribution is -0.142. The van der Waals surface area contributed by atoms with E-state index in [2.05, 4.69) is 31.9 Å². The van der Waals surface area contributed by atoms with Crippen molar-refractivity contribution >= 4 is 40.8 Å². The third-order valence-corrected chi connectivity index (χ3v) is 7.33. The number of aromatic nitrogens is 4. The van der Waals surface area contributed by atoms with Crippen LogP contribution in [0.3, 0.4) is 0 Å². The smallest absolute Gasteiger partial charge is 0.311 e. The number of rotatable bonds is 7. The fourth-order valence-corrected chi connectivity index (χ4v) is 6.00. The van der Waals surface area contributed by atoms with Gasteiger partial charge in [0.05, 0.1) is 24.8 Å². The van der Waals surface area contributed by atoms with Gasteiger partial charge >= 0.3 is 5.97 Å². The van der Waals surface area contributed by atoms with E-state index < -0.39 is 0 Å². The minimum Gasteiger partial charge on any atom is -0.466 e. The molecular weight excluding hydrogens is 400 g/mol. The fourth-order valence-electron chi connectivity index (χ4n) is 2.82. The van der Waals surface area contributed by atoms with Crippen LogP contribution < -0.4 is 0 Å². The third kappa shape index (κ3) is 4.20. The van der Waals surface area contributed by atoms with Crippen molar-refractivity contribution in [2.24, 2.45) is 0 Å². The lowest BCUT2D eigenvalue weighted by atomic mass is 10.2. The number of ether oxygens (including phenoxy) is 1. The Balaban J connectivity index is 1.42. The molecule has 0 fully saturated rings. The summed E-state index contributed by atoms with van der Waals surface area (Å²) in [6.45, 7) is 2.21. The van der Waals surface area contributed by atoms with E-state index in [9.17, 15) is 4.79 Å². The highest BCUT2D eigenvalue weighted by Gasteiger charge is 2.28. The van der Waals surface area contributed by atoms with E-state index in [1.807, 2.05) is 30.5 Å². The Kier molecular flexibility index (Phi) is 5.80. The molecule has 1 atom stereocenters. The van der Waals surface area contributed by atoms with Gasteiger partial charge in [0.1, 0.15) is 4.34 Å². The zero-order valence-corrected chi connectivity index (χ0v) is 17.1. The van der Waals surface area contributed by atoms with Gasteiger partial charge in [-0.2, -0.15) is 0 Å². The van der Waals surface area contributed by atoms with E-state index in [0.29, 0.717) is 12.6 Å². The molecule has 0 saturated heterocycles. The molecule has 2 aromatic heterocycles. The number of hydrogen-bond acceptors (Lipinski definition) is 8. The Morgan fingerprint density at radius 2 is 2.19 bits per heavy atom. The van der Waals surface area contributed by atoms with Gasteiger partial charge in [0.2, 0.25) is 0 Å². The van der Waals surface area contributed by atoms with Crippen LogP contribution in [0.1, 0.15) is 18.7 Å². The highest BCUT2D eigenvalue weighted by Crippen LogP contribution is 2.39. The van der Waals surface area contributed by atoms with Gasteiger partial charge < -0.3 is 4.74 Å². The number of nitrogens with zero attached hydrogens (tertiary/aromatic N) is 4. The van der Waals surface area contributed by atoms with E-state index in [0.717, 1.165) is 38.1 Å². The molecule has 0 unspecified atom stereocenters. The van der Waals surface area contributed by atoms with Crippen LogP contribution in [-0.4, -0.2) is 43.8 Å². The molecule has 0 bridgehead atoms. The fraction of sp³-hybridized carbons (Fsp3) is 0.333. The maximum absolute atomic E-state index is 11.6. The number of thioether (sulfide) groups is 2. The first kappa shape index (κ1) is 18.5. The molecule has 1 aliphatic heterocycles. The zero-order valence-electron chi connectivity index (χ0n) is 14.7. The molecule has 6 nitrogen and oxygen atoms in total. The molecule has 1 aliphatic rings. The average molecular weight is 419 g/mol. The van der Waals surface area contributed by atoms with Gasteiger partial charge in [-0.3, -0.25) is 9.36 Å². The summed E-state index contributed by atoms with van der Waals surface area (Å²) < 4.78 is 8.19. The molecule has 0 amide bonds. The number of carbonyl (C=O) groups excluding carboxylic acids is 1. The van der Waals surface area contributed by atoms with Gasteiger partial charge in [0, 0.05) is 22.4 Å². The van der Waals surface area contributed by atoms with Crippen molar-refractivity contribution < 1.29 is 9.53 Å². The van der Waals surface area contributed by atoms with Gasteiger partial charge in [-0.25, -0.2) is 4.98 Å². The number of esters is 1. The van der Waals surface area contributed by atoms with Crippen molar-refractivity contribution in [3.05, 3.63) is 41.4 Å². The van der Waals surface area contributed by atoms with Crippen LogP contribution in [-0.2, 0) is 16.0 Å². The zero-order chi connectivity index (χ0) is 18.6. The van der Waals surface area contributed by atoms with E-state index in [1.54, 1.807) is 34.9 Å². The molecule has 140 valence electrons. The van der Waals surface area contributed by atoms with Crippen molar-refractivity contribution in [2.45, 2.75) is 28.9 Å². The molecule has 0 aliphatic carbocycles. The number of thiazole rings is 1. The van der Waals surface area contributed by atoms with Gasteiger partial charge in [0.15, 0.2) is 11.0 Å². The molecule has 3 heterocycles. The van der Waals surface area contributed by atoms with Crippen molar-refractivity contribution in [1.82, 2.24) is 19.7 Å². The molecular formula is C18H18N4O2S3. The SMILES string of the molecule is CCOC(=O)Cc1csc(SC[C@@H]2CSc3nnc(-c4ccccc4)n32)n1. The molecule has 1 aromatic carbocycles. The first-order chi connectivity index (χ1) is 13.2. The summed E-state index contributed by atoms with van der Waals surface area (Å²) in [7, 11) is 0. The second-order valence-corrected chi connectivity index (χ2v) is 9.02. The van der Waals surface area contributed by atoms with Crippen molar-refractivity contribution in [3.8, 4) is 11.4 Å². The summed E-state index contributed by atoms with van der Waals surface area (Å²) >= 11 is 5.03. The standard InChI is InChI=1S/C18H18N4O2S3/c1-2-24-15(23)8-13-9-26-18(19-13)27-11-14-10-25-17-21-20-16(22(14)17)12-6-4-3-5-7-12/h3-7,9,14H,2,8,10-11H2,1H3/t14-/m0/s1. The Labute approximate surface area is 169 Å². The summed E-state index contributed by atoms with van der Waals surface area (Å²) in [6.07, 6.45) is 0.234. The second kappa shape index (κ2) is 8.45. The van der Waals surface area contributed by atoms with Crippen molar-refractivity contribution in [2.75, 3.05) is 18.1 Å². The predicted octanol–water partition coefficient (Wildman–Crippen LogP) is 3.95. The Morgan fingerprint density at radius 1 is 1.33 bits per heavy atom. The lowest BCUT2D eigenvalue weighted by Gasteiger charge is -2.13. The second-order valence-electron chi connectivity index (χ2n) is 5.90. The first-order valence-corrected chi connectivity index (χ1v) is 11.5. The number of benzene rings is 1. The summed E-state index contributed by atoms with van der Waals surface area (Å²) in [5.74, 6) is 2.57. The van der Waals surface area contributed by atoms with E-state index in [-0.39, 0.29) is 12.4 Å². The molecule has 0 saturated carbocycles. The van der Waals surface area contributed by atoms with E-state index >= 15 is 0 Å². The van der Waals surface area contributed by atoms with Crippen LogP contribution in [0.15, 0.2) is 45.2 Å². The maximum atomic E-state index is 11.6. The van der Waals surface area contributed by atoms with Gasteiger partial charge in [-0.1, -0.05) is 53.9 Å². The number of fused-ring (bicyclic) bond motifs is 1. The summed E-state index contributed by atoms with van der Waals surface area (Å²) in [6, 6.07) is 10.5. The number of carbonyl (C=O) groups is 1. The minimum atomic E-state index is -0.229. The third-order valence-electron chi connectivity index (χ3n) is 4.03. The predicted molar refractivity (Wildman–Crippen MR) is 108 cm³/mol. The van der Waals surface area contributed by atoms with Crippen LogP contribution in [0.2, 0.25) is 0 Å². The largest absolute Gasteiger partial charge is 0.466 e. The van der Waals surface area contributed by atoms with Crippen molar-refractivity contribution in [3.63, 3.8) is 0 Å². The van der Waals surface area contributed by atoms with Crippen LogP contribution in [0.4, 0.5) is 0 Å². The molecule has 4 rings (SSSR count). The Morgan fingerprint density at radius 3 is 3.00 bits per heavy atom. The first-order valence-electron chi connectivity index (χ1n) is 8.60. The van der Waals surface area contributed by atoms with E-state index in [1.165, 1.54) is 0 Å². The Hall–Kier alpha value is -1.84. The highest BCUT2D eigenvalue weighted by atomic mass is 32.2. The summed E-state index contributed by atoms with van der Waals surface area (Å²) in [5, 5.41) is 11.6. The highest BCUT2D eigenvalue weighted by molar-refractivity contribution is 8.01. The van der Waals surface area contributed by atoms with Gasteiger partial charge in [-0.15, -0.1) is 21.5 Å². The Bertz CT molecular complexity index is 926. The molecule has 0 spiro atoms. The van der Waals surface area contributed by atoms with Crippen LogP contribution in [0.5, 0.6) is 0 Å². The van der Waals surface area contributed by atoms with Crippen LogP contribution >= 0.6 is 34.9 Å². The van der Waals surface area contributed by atoms with Gasteiger partial charge in [-0.05, 0) is 6.92 Å². The minimum absolute atomic E-state index is 0.229. The van der Waals surface area contributed by atoms with Crippen molar-refractivity contribution in [1.29, 1.82) is 0 Å². The molecule has 3 aromatic rings. The van der Waals surface area contributed by atoms with Gasteiger partial charge in [0.25, 0.3) is 0 Å². The van der Waals surface area contributed by atoms with Crippen LogP contribution in [0.25, 0.3) is 11.4 Å². The van der Waals surface area contributed by atoms with E-state index in [4.69, 9.17) is 4.74 Å². The molecule has 9 heteroatoms. The average Bonchev–Trinajstić information content (AvgIpc) is 3.38. The normalized spacial score (nSPS) is 15.7. The lowest BCUT2D eigenvalue weighted by Crippen LogP contribution is -2.11. The molecule has 0 radical (unpaired) electrons. The maximum Gasteiger partial charge on any atom is 0.311 e. The summed E-state index contributed by atoms with van der Waals surface area (Å²) in [5.41, 5.74) is 1.86. The molecule has 0 N–H and O–H groups in total. The summed E-state index contributed by atoms with van der Waals surface area (Å²) in [4.78, 5) is 16.1. The molecule has 27 heavy (non-hydrogen) atoms. The number of hydrogen-bond donors (Lipinski definition) is 0. The quantitative estimate of drug-likeness (QED) is 0.425. The monoisotopic (exact) mass is 418 g/mol.